The fourth-order valence-electron chi connectivity index (χ4n) is 3.34. The van der Waals surface area contributed by atoms with E-state index in [9.17, 15) is 9.59 Å². The van der Waals surface area contributed by atoms with Gasteiger partial charge >= 0.3 is 0 Å². The molecule has 3 rings (SSSR count). The average molecular weight is 432 g/mol. The first-order valence-corrected chi connectivity index (χ1v) is 11.0. The second kappa shape index (κ2) is 10.1. The van der Waals surface area contributed by atoms with Gasteiger partial charge < -0.3 is 10.2 Å². The number of hydrogen-bond donors (Lipinski definition) is 1. The third-order valence-electron chi connectivity index (χ3n) is 5.00. The van der Waals surface area contributed by atoms with Crippen LogP contribution in [0.4, 0.5) is 5.69 Å². The van der Waals surface area contributed by atoms with E-state index in [2.05, 4.69) is 10.2 Å². The minimum absolute atomic E-state index is 0.0151. The molecule has 0 aromatic heterocycles. The number of carbonyl (C=O) groups excluding carboxylic acids is 2. The molecule has 1 heterocycles. The van der Waals surface area contributed by atoms with Crippen LogP contribution in [-0.2, 0) is 9.59 Å². The lowest BCUT2D eigenvalue weighted by Crippen LogP contribution is -2.50. The lowest BCUT2D eigenvalue weighted by atomic mass is 10.1. The van der Waals surface area contributed by atoms with Crippen LogP contribution in [0.3, 0.4) is 0 Å². The Balaban J connectivity index is 1.42. The number of para-hydroxylation sites is 1. The molecule has 154 valence electrons. The fourth-order valence-corrected chi connectivity index (χ4v) is 4.45. The summed E-state index contributed by atoms with van der Waals surface area (Å²) in [6.45, 7) is 7.02. The van der Waals surface area contributed by atoms with Gasteiger partial charge in [-0.15, -0.1) is 11.8 Å². The van der Waals surface area contributed by atoms with Crippen LogP contribution >= 0.6 is 23.4 Å². The molecule has 1 aliphatic heterocycles. The van der Waals surface area contributed by atoms with Gasteiger partial charge in [0.1, 0.15) is 0 Å². The number of nitrogens with one attached hydrogen (secondary N) is 1. The first-order valence-electron chi connectivity index (χ1n) is 9.67. The summed E-state index contributed by atoms with van der Waals surface area (Å²) in [5.74, 6) is 0.501. The summed E-state index contributed by atoms with van der Waals surface area (Å²) in [6, 6.07) is 13.5. The van der Waals surface area contributed by atoms with Crippen molar-refractivity contribution in [2.75, 3.05) is 43.8 Å². The fraction of sp³-hybridized carbons (Fsp3) is 0.364. The van der Waals surface area contributed by atoms with Gasteiger partial charge in [-0.05, 0) is 43.2 Å². The molecule has 29 heavy (non-hydrogen) atoms. The highest BCUT2D eigenvalue weighted by molar-refractivity contribution is 8.00. The molecule has 5 nitrogen and oxygen atoms in total. The van der Waals surface area contributed by atoms with Gasteiger partial charge in [-0.2, -0.15) is 0 Å². The lowest BCUT2D eigenvalue weighted by Gasteiger charge is -2.34. The van der Waals surface area contributed by atoms with Gasteiger partial charge in [-0.25, -0.2) is 0 Å². The van der Waals surface area contributed by atoms with Crippen LogP contribution in [0.2, 0.25) is 5.02 Å². The van der Waals surface area contributed by atoms with E-state index in [1.807, 2.05) is 61.2 Å². The predicted octanol–water partition coefficient (Wildman–Crippen LogP) is 3.83. The smallest absolute Gasteiger partial charge is 0.238 e. The van der Waals surface area contributed by atoms with Gasteiger partial charge in [-0.3, -0.25) is 14.5 Å². The summed E-state index contributed by atoms with van der Waals surface area (Å²) >= 11 is 7.49. The Morgan fingerprint density at radius 2 is 1.69 bits per heavy atom. The monoisotopic (exact) mass is 431 g/mol. The van der Waals surface area contributed by atoms with Gasteiger partial charge in [-0.1, -0.05) is 35.9 Å². The number of rotatable bonds is 6. The van der Waals surface area contributed by atoms with Crippen molar-refractivity contribution in [1.29, 1.82) is 0 Å². The zero-order valence-corrected chi connectivity index (χ0v) is 18.4. The second-order valence-corrected chi connectivity index (χ2v) is 8.70. The Morgan fingerprint density at radius 1 is 1.03 bits per heavy atom. The Kier molecular flexibility index (Phi) is 7.58. The van der Waals surface area contributed by atoms with E-state index in [0.29, 0.717) is 43.5 Å². The van der Waals surface area contributed by atoms with Crippen molar-refractivity contribution in [1.82, 2.24) is 9.80 Å². The standard InChI is InChI=1S/C22H26ClN3O2S/c1-16-5-3-6-17(2)22(16)24-20(27)14-25-9-11-26(12-10-25)21(28)15-29-19-8-4-7-18(23)13-19/h3-8,13H,9-12,14-15H2,1-2H3,(H,24,27). The zero-order valence-electron chi connectivity index (χ0n) is 16.8. The molecule has 0 atom stereocenters. The highest BCUT2D eigenvalue weighted by Crippen LogP contribution is 2.22. The van der Waals surface area contributed by atoms with Gasteiger partial charge in [0.25, 0.3) is 0 Å². The van der Waals surface area contributed by atoms with Crippen LogP contribution in [-0.4, -0.2) is 60.1 Å². The van der Waals surface area contributed by atoms with Gasteiger partial charge in [0, 0.05) is 41.8 Å². The molecule has 0 saturated carbocycles. The van der Waals surface area contributed by atoms with E-state index in [1.165, 1.54) is 11.8 Å². The molecule has 0 radical (unpaired) electrons. The Hall–Kier alpha value is -2.02. The number of amides is 2. The maximum absolute atomic E-state index is 12.5. The summed E-state index contributed by atoms with van der Waals surface area (Å²) in [5.41, 5.74) is 3.02. The second-order valence-electron chi connectivity index (χ2n) is 7.22. The van der Waals surface area contributed by atoms with E-state index in [0.717, 1.165) is 21.7 Å². The molecule has 1 aliphatic rings. The van der Waals surface area contributed by atoms with Crippen LogP contribution < -0.4 is 5.32 Å². The van der Waals surface area contributed by atoms with Gasteiger partial charge in [0.05, 0.1) is 12.3 Å². The predicted molar refractivity (Wildman–Crippen MR) is 120 cm³/mol. The van der Waals surface area contributed by atoms with Crippen molar-refractivity contribution < 1.29 is 9.59 Å². The minimum Gasteiger partial charge on any atom is -0.339 e. The van der Waals surface area contributed by atoms with Crippen molar-refractivity contribution >= 4 is 40.9 Å². The maximum Gasteiger partial charge on any atom is 0.238 e. The van der Waals surface area contributed by atoms with Crippen LogP contribution in [0.15, 0.2) is 47.4 Å². The zero-order chi connectivity index (χ0) is 20.8. The highest BCUT2D eigenvalue weighted by atomic mass is 35.5. The third-order valence-corrected chi connectivity index (χ3v) is 6.21. The first-order chi connectivity index (χ1) is 13.9. The van der Waals surface area contributed by atoms with Gasteiger partial charge in [0.15, 0.2) is 0 Å². The summed E-state index contributed by atoms with van der Waals surface area (Å²) in [7, 11) is 0. The number of nitrogens with zero attached hydrogens (tertiary/aromatic N) is 2. The number of piperazine rings is 1. The largest absolute Gasteiger partial charge is 0.339 e. The third kappa shape index (κ3) is 6.23. The van der Waals surface area contributed by atoms with E-state index in [1.54, 1.807) is 0 Å². The van der Waals surface area contributed by atoms with Crippen molar-refractivity contribution in [2.24, 2.45) is 0 Å². The molecule has 0 unspecified atom stereocenters. The average Bonchev–Trinajstić information content (AvgIpc) is 2.70. The van der Waals surface area contributed by atoms with E-state index in [4.69, 9.17) is 11.6 Å². The van der Waals surface area contributed by atoms with Gasteiger partial charge in [0.2, 0.25) is 11.8 Å². The molecule has 2 aromatic carbocycles. The maximum atomic E-state index is 12.5. The topological polar surface area (TPSA) is 52.7 Å². The van der Waals surface area contributed by atoms with E-state index < -0.39 is 0 Å². The molecule has 2 aromatic rings. The molecule has 1 N–H and O–H groups in total. The molecule has 0 bridgehead atoms. The molecule has 7 heteroatoms. The van der Waals surface area contributed by atoms with Crippen LogP contribution in [0.5, 0.6) is 0 Å². The summed E-state index contributed by atoms with van der Waals surface area (Å²) in [5, 5.41) is 3.70. The van der Waals surface area contributed by atoms with Crippen molar-refractivity contribution in [3.63, 3.8) is 0 Å². The molecule has 1 saturated heterocycles. The molecular formula is C22H26ClN3O2S. The number of anilines is 1. The SMILES string of the molecule is Cc1cccc(C)c1NC(=O)CN1CCN(C(=O)CSc2cccc(Cl)c2)CC1. The van der Waals surface area contributed by atoms with Crippen LogP contribution in [0.25, 0.3) is 0 Å². The lowest BCUT2D eigenvalue weighted by molar-refractivity contribution is -0.130. The molecule has 0 aliphatic carbocycles. The highest BCUT2D eigenvalue weighted by Gasteiger charge is 2.22. The minimum atomic E-state index is -0.0151. The summed E-state index contributed by atoms with van der Waals surface area (Å²) < 4.78 is 0. The van der Waals surface area contributed by atoms with Crippen molar-refractivity contribution in [3.8, 4) is 0 Å². The molecule has 0 spiro atoms. The number of thioether (sulfide) groups is 1. The normalized spacial score (nSPS) is 14.7. The number of benzene rings is 2. The molecule has 1 fully saturated rings. The van der Waals surface area contributed by atoms with Crippen LogP contribution in [0.1, 0.15) is 11.1 Å². The first kappa shape index (κ1) is 21.7. The Bertz CT molecular complexity index is 862. The van der Waals surface area contributed by atoms with Crippen LogP contribution in [0, 0.1) is 13.8 Å². The van der Waals surface area contributed by atoms with E-state index >= 15 is 0 Å². The Labute approximate surface area is 181 Å². The Morgan fingerprint density at radius 3 is 2.34 bits per heavy atom. The number of hydrogen-bond acceptors (Lipinski definition) is 4. The molecular weight excluding hydrogens is 406 g/mol. The number of carbonyl (C=O) groups is 2. The summed E-state index contributed by atoms with van der Waals surface area (Å²) in [6.07, 6.45) is 0. The van der Waals surface area contributed by atoms with Crippen molar-refractivity contribution in [2.45, 2.75) is 18.7 Å². The van der Waals surface area contributed by atoms with E-state index in [-0.39, 0.29) is 11.8 Å². The van der Waals surface area contributed by atoms with Crippen molar-refractivity contribution in [3.05, 3.63) is 58.6 Å². The quantitative estimate of drug-likeness (QED) is 0.706. The number of aryl methyl sites for hydroxylation is 2. The molecule has 2 amide bonds. The summed E-state index contributed by atoms with van der Waals surface area (Å²) in [4.78, 5) is 29.9. The number of halogens is 1.